The molecule has 0 spiro atoms. The van der Waals surface area contributed by atoms with Crippen molar-refractivity contribution in [2.45, 2.75) is 46.5 Å². The Morgan fingerprint density at radius 3 is 2.82 bits per heavy atom. The molecule has 0 aromatic heterocycles. The van der Waals surface area contributed by atoms with E-state index in [4.69, 9.17) is 0 Å². The highest BCUT2D eigenvalue weighted by Gasteiger charge is 2.14. The van der Waals surface area contributed by atoms with E-state index < -0.39 is 0 Å². The molecule has 1 rings (SSSR count). The van der Waals surface area contributed by atoms with Gasteiger partial charge in [0.25, 0.3) is 0 Å². The van der Waals surface area contributed by atoms with E-state index in [-0.39, 0.29) is 0 Å². The highest BCUT2D eigenvalue weighted by molar-refractivity contribution is 5.08. The molecule has 1 aliphatic rings. The van der Waals surface area contributed by atoms with Crippen LogP contribution < -0.4 is 0 Å². The van der Waals surface area contributed by atoms with Gasteiger partial charge in [-0.2, -0.15) is 0 Å². The van der Waals surface area contributed by atoms with E-state index in [0.29, 0.717) is 0 Å². The predicted octanol–water partition coefficient (Wildman–Crippen LogP) is 3.78. The topological polar surface area (TPSA) is 0 Å². The van der Waals surface area contributed by atoms with E-state index in [1.54, 1.807) is 5.57 Å². The van der Waals surface area contributed by atoms with Gasteiger partial charge in [-0.3, -0.25) is 0 Å². The SMILES string of the molecule is CCC(C)C=C1CCC(C)C1. The van der Waals surface area contributed by atoms with Gasteiger partial charge in [-0.1, -0.05) is 38.8 Å². The van der Waals surface area contributed by atoms with Crippen LogP contribution >= 0.6 is 0 Å². The van der Waals surface area contributed by atoms with E-state index in [0.717, 1.165) is 11.8 Å². The third-order valence-electron chi connectivity index (χ3n) is 2.73. The van der Waals surface area contributed by atoms with Crippen LogP contribution in [0.4, 0.5) is 0 Å². The van der Waals surface area contributed by atoms with Crippen molar-refractivity contribution in [1.29, 1.82) is 0 Å². The second kappa shape index (κ2) is 3.94. The zero-order valence-electron chi connectivity index (χ0n) is 8.06. The maximum Gasteiger partial charge on any atom is -0.0262 e. The van der Waals surface area contributed by atoms with Crippen LogP contribution in [0.3, 0.4) is 0 Å². The number of hydrogen-bond donors (Lipinski definition) is 0. The smallest absolute Gasteiger partial charge is 0.0262 e. The Hall–Kier alpha value is -0.260. The monoisotopic (exact) mass is 152 g/mol. The number of rotatable bonds is 2. The van der Waals surface area contributed by atoms with Gasteiger partial charge in [0.2, 0.25) is 0 Å². The van der Waals surface area contributed by atoms with Crippen molar-refractivity contribution in [3.63, 3.8) is 0 Å². The standard InChI is InChI=1S/C11H20/c1-4-9(2)7-11-6-5-10(3)8-11/h7,9-10H,4-6,8H2,1-3H3. The predicted molar refractivity (Wildman–Crippen MR) is 50.6 cm³/mol. The lowest BCUT2D eigenvalue weighted by atomic mass is 10.0. The summed E-state index contributed by atoms with van der Waals surface area (Å²) >= 11 is 0. The average molecular weight is 152 g/mol. The number of allylic oxidation sites excluding steroid dienone is 2. The molecule has 0 radical (unpaired) electrons. The highest BCUT2D eigenvalue weighted by atomic mass is 14.2. The largest absolute Gasteiger partial charge is 0.0825 e. The maximum absolute atomic E-state index is 2.49. The van der Waals surface area contributed by atoms with Crippen LogP contribution in [0, 0.1) is 11.8 Å². The van der Waals surface area contributed by atoms with Crippen LogP contribution in [0.15, 0.2) is 11.6 Å². The fourth-order valence-electron chi connectivity index (χ4n) is 1.76. The fraction of sp³-hybridized carbons (Fsp3) is 0.818. The Morgan fingerprint density at radius 2 is 2.36 bits per heavy atom. The van der Waals surface area contributed by atoms with Crippen molar-refractivity contribution in [2.24, 2.45) is 11.8 Å². The second-order valence-electron chi connectivity index (χ2n) is 4.06. The molecule has 0 heterocycles. The first kappa shape index (κ1) is 8.83. The van der Waals surface area contributed by atoms with E-state index in [1.807, 2.05) is 0 Å². The summed E-state index contributed by atoms with van der Waals surface area (Å²) in [6.45, 7) is 6.94. The Balaban J connectivity index is 2.41. The lowest BCUT2D eigenvalue weighted by Gasteiger charge is -2.03. The van der Waals surface area contributed by atoms with Gasteiger partial charge in [-0.05, 0) is 31.1 Å². The van der Waals surface area contributed by atoms with E-state index >= 15 is 0 Å². The Labute approximate surface area is 70.7 Å². The Morgan fingerprint density at radius 1 is 1.64 bits per heavy atom. The normalized spacial score (nSPS) is 31.2. The molecule has 0 bridgehead atoms. The zero-order valence-corrected chi connectivity index (χ0v) is 8.06. The quantitative estimate of drug-likeness (QED) is 0.528. The molecule has 0 N–H and O–H groups in total. The minimum absolute atomic E-state index is 0.801. The van der Waals surface area contributed by atoms with Crippen LogP contribution in [0.2, 0.25) is 0 Å². The first-order valence-electron chi connectivity index (χ1n) is 4.92. The molecule has 1 aliphatic carbocycles. The molecule has 2 atom stereocenters. The molecule has 0 saturated heterocycles. The van der Waals surface area contributed by atoms with Crippen molar-refractivity contribution in [3.05, 3.63) is 11.6 Å². The minimum Gasteiger partial charge on any atom is -0.0825 e. The maximum atomic E-state index is 2.49. The van der Waals surface area contributed by atoms with E-state index in [1.165, 1.54) is 25.7 Å². The zero-order chi connectivity index (χ0) is 8.27. The summed E-state index contributed by atoms with van der Waals surface area (Å²) in [5.74, 6) is 1.75. The molecule has 0 aromatic rings. The average Bonchev–Trinajstić information content (AvgIpc) is 2.35. The Kier molecular flexibility index (Phi) is 3.16. The van der Waals surface area contributed by atoms with Gasteiger partial charge in [-0.25, -0.2) is 0 Å². The van der Waals surface area contributed by atoms with Crippen molar-refractivity contribution in [2.75, 3.05) is 0 Å². The molecule has 2 unspecified atom stereocenters. The molecule has 0 aliphatic heterocycles. The van der Waals surface area contributed by atoms with Crippen LogP contribution in [0.25, 0.3) is 0 Å². The van der Waals surface area contributed by atoms with Crippen LogP contribution in [-0.2, 0) is 0 Å². The van der Waals surface area contributed by atoms with Crippen molar-refractivity contribution < 1.29 is 0 Å². The Bertz CT molecular complexity index is 144. The van der Waals surface area contributed by atoms with Gasteiger partial charge in [-0.15, -0.1) is 0 Å². The summed E-state index contributed by atoms with van der Waals surface area (Å²) in [6, 6.07) is 0. The van der Waals surface area contributed by atoms with E-state index in [2.05, 4.69) is 26.8 Å². The van der Waals surface area contributed by atoms with Gasteiger partial charge in [0, 0.05) is 0 Å². The summed E-state index contributed by atoms with van der Waals surface area (Å²) in [5, 5.41) is 0. The van der Waals surface area contributed by atoms with Crippen molar-refractivity contribution in [1.82, 2.24) is 0 Å². The third-order valence-corrected chi connectivity index (χ3v) is 2.73. The third kappa shape index (κ3) is 2.69. The molecule has 0 amide bonds. The molecule has 0 aromatic carbocycles. The number of hydrogen-bond acceptors (Lipinski definition) is 0. The molecular formula is C11H20. The highest BCUT2D eigenvalue weighted by Crippen LogP contribution is 2.30. The molecular weight excluding hydrogens is 132 g/mol. The summed E-state index contributed by atoms with van der Waals surface area (Å²) in [4.78, 5) is 0. The van der Waals surface area contributed by atoms with Gasteiger partial charge >= 0.3 is 0 Å². The molecule has 11 heavy (non-hydrogen) atoms. The van der Waals surface area contributed by atoms with Gasteiger partial charge in [0.15, 0.2) is 0 Å². The van der Waals surface area contributed by atoms with Crippen molar-refractivity contribution >= 4 is 0 Å². The van der Waals surface area contributed by atoms with Gasteiger partial charge in [0.05, 0.1) is 0 Å². The van der Waals surface area contributed by atoms with Crippen LogP contribution in [0.1, 0.15) is 46.5 Å². The second-order valence-corrected chi connectivity index (χ2v) is 4.06. The summed E-state index contributed by atoms with van der Waals surface area (Å²) in [7, 11) is 0. The molecule has 64 valence electrons. The van der Waals surface area contributed by atoms with Crippen LogP contribution in [-0.4, -0.2) is 0 Å². The van der Waals surface area contributed by atoms with Gasteiger partial charge in [0.1, 0.15) is 0 Å². The molecule has 0 nitrogen and oxygen atoms in total. The summed E-state index contributed by atoms with van der Waals surface area (Å²) < 4.78 is 0. The molecule has 1 saturated carbocycles. The van der Waals surface area contributed by atoms with Crippen molar-refractivity contribution in [3.8, 4) is 0 Å². The lowest BCUT2D eigenvalue weighted by Crippen LogP contribution is -1.88. The van der Waals surface area contributed by atoms with Crippen LogP contribution in [0.5, 0.6) is 0 Å². The molecule has 0 heteroatoms. The first-order chi connectivity index (χ1) is 5.22. The minimum atomic E-state index is 0.801. The van der Waals surface area contributed by atoms with Gasteiger partial charge < -0.3 is 0 Å². The summed E-state index contributed by atoms with van der Waals surface area (Å²) in [6.07, 6.45) is 7.93. The van der Waals surface area contributed by atoms with E-state index in [9.17, 15) is 0 Å². The molecule has 1 fully saturated rings. The summed E-state index contributed by atoms with van der Waals surface area (Å²) in [5.41, 5.74) is 1.71. The first-order valence-corrected chi connectivity index (χ1v) is 4.92. The fourth-order valence-corrected chi connectivity index (χ4v) is 1.76. The lowest BCUT2D eigenvalue weighted by molar-refractivity contribution is 0.619.